The Morgan fingerprint density at radius 3 is 2.69 bits per heavy atom. The standard InChI is InChI=1S/C12H12N2O2/c1-14-11(9-5-3-2-4-6-9)7-10(13-14)8-12(15)16/h2-7H,8H2,1H3,(H,15,16). The first-order valence-electron chi connectivity index (χ1n) is 4.97. The van der Waals surface area contributed by atoms with E-state index in [9.17, 15) is 4.79 Å². The van der Waals surface area contributed by atoms with Crippen molar-refractivity contribution >= 4 is 5.97 Å². The van der Waals surface area contributed by atoms with Crippen LogP contribution in [0.15, 0.2) is 36.4 Å². The van der Waals surface area contributed by atoms with Gasteiger partial charge in [0.05, 0.1) is 17.8 Å². The molecule has 1 aromatic carbocycles. The first-order chi connectivity index (χ1) is 7.66. The summed E-state index contributed by atoms with van der Waals surface area (Å²) in [5.41, 5.74) is 2.54. The number of carboxylic acids is 1. The van der Waals surface area contributed by atoms with Crippen molar-refractivity contribution in [2.45, 2.75) is 6.42 Å². The number of carbonyl (C=O) groups is 1. The van der Waals surface area contributed by atoms with E-state index in [-0.39, 0.29) is 6.42 Å². The van der Waals surface area contributed by atoms with Crippen molar-refractivity contribution in [3.63, 3.8) is 0 Å². The third-order valence-corrected chi connectivity index (χ3v) is 2.33. The maximum absolute atomic E-state index is 10.6. The van der Waals surface area contributed by atoms with E-state index in [1.165, 1.54) is 0 Å². The fourth-order valence-corrected chi connectivity index (χ4v) is 1.65. The van der Waals surface area contributed by atoms with Gasteiger partial charge in [-0.2, -0.15) is 5.10 Å². The van der Waals surface area contributed by atoms with Gasteiger partial charge in [-0.1, -0.05) is 30.3 Å². The van der Waals surface area contributed by atoms with Crippen LogP contribution in [0.1, 0.15) is 5.69 Å². The molecule has 1 aromatic heterocycles. The molecule has 0 saturated carbocycles. The summed E-state index contributed by atoms with van der Waals surface area (Å²) in [6.45, 7) is 0. The van der Waals surface area contributed by atoms with Gasteiger partial charge in [-0.05, 0) is 11.6 Å². The lowest BCUT2D eigenvalue weighted by Crippen LogP contribution is -2.01. The van der Waals surface area contributed by atoms with Crippen LogP contribution in [-0.2, 0) is 18.3 Å². The topological polar surface area (TPSA) is 55.1 Å². The molecular formula is C12H12N2O2. The van der Waals surface area contributed by atoms with Crippen LogP contribution in [0.4, 0.5) is 0 Å². The summed E-state index contributed by atoms with van der Waals surface area (Å²) in [5, 5.41) is 12.9. The molecule has 1 N–H and O–H groups in total. The fourth-order valence-electron chi connectivity index (χ4n) is 1.65. The van der Waals surface area contributed by atoms with Gasteiger partial charge in [0.1, 0.15) is 0 Å². The minimum atomic E-state index is -0.863. The van der Waals surface area contributed by atoms with Crippen LogP contribution in [0.2, 0.25) is 0 Å². The Bertz CT molecular complexity index is 503. The quantitative estimate of drug-likeness (QED) is 0.849. The second kappa shape index (κ2) is 4.18. The Morgan fingerprint density at radius 1 is 1.38 bits per heavy atom. The molecule has 0 saturated heterocycles. The molecule has 1 heterocycles. The summed E-state index contributed by atoms with van der Waals surface area (Å²) in [6, 6.07) is 11.6. The number of benzene rings is 1. The van der Waals surface area contributed by atoms with Crippen LogP contribution in [0, 0.1) is 0 Å². The van der Waals surface area contributed by atoms with E-state index in [2.05, 4.69) is 5.10 Å². The minimum absolute atomic E-state index is 0.0410. The van der Waals surface area contributed by atoms with Gasteiger partial charge in [-0.25, -0.2) is 0 Å². The fraction of sp³-hybridized carbons (Fsp3) is 0.167. The summed E-state index contributed by atoms with van der Waals surface area (Å²) in [5.74, 6) is -0.863. The van der Waals surface area contributed by atoms with Gasteiger partial charge in [-0.3, -0.25) is 9.48 Å². The van der Waals surface area contributed by atoms with Crippen molar-refractivity contribution in [2.75, 3.05) is 0 Å². The zero-order valence-electron chi connectivity index (χ0n) is 8.92. The lowest BCUT2D eigenvalue weighted by atomic mass is 10.1. The number of aliphatic carboxylic acids is 1. The predicted molar refractivity (Wildman–Crippen MR) is 60.0 cm³/mol. The van der Waals surface area contributed by atoms with Gasteiger partial charge < -0.3 is 5.11 Å². The van der Waals surface area contributed by atoms with E-state index in [1.54, 1.807) is 4.68 Å². The molecule has 4 heteroatoms. The highest BCUT2D eigenvalue weighted by Gasteiger charge is 2.09. The number of hydrogen-bond acceptors (Lipinski definition) is 2. The Hall–Kier alpha value is -2.10. The second-order valence-corrected chi connectivity index (χ2v) is 3.58. The Kier molecular flexibility index (Phi) is 2.72. The molecule has 0 amide bonds. The summed E-state index contributed by atoms with van der Waals surface area (Å²) < 4.78 is 1.70. The van der Waals surface area contributed by atoms with Gasteiger partial charge >= 0.3 is 5.97 Å². The molecule has 0 radical (unpaired) electrons. The predicted octanol–water partition coefficient (Wildman–Crippen LogP) is 1.71. The summed E-state index contributed by atoms with van der Waals surface area (Å²) in [6.07, 6.45) is -0.0410. The third kappa shape index (κ3) is 2.11. The average Bonchev–Trinajstić information content (AvgIpc) is 2.60. The molecule has 0 atom stereocenters. The van der Waals surface area contributed by atoms with E-state index in [0.29, 0.717) is 5.69 Å². The molecular weight excluding hydrogens is 204 g/mol. The van der Waals surface area contributed by atoms with Crippen molar-refractivity contribution in [3.8, 4) is 11.3 Å². The van der Waals surface area contributed by atoms with E-state index < -0.39 is 5.97 Å². The van der Waals surface area contributed by atoms with Crippen molar-refractivity contribution < 1.29 is 9.90 Å². The van der Waals surface area contributed by atoms with Crippen molar-refractivity contribution in [3.05, 3.63) is 42.1 Å². The van der Waals surface area contributed by atoms with Crippen LogP contribution in [0.3, 0.4) is 0 Å². The first kappa shape index (κ1) is 10.4. The summed E-state index contributed by atoms with van der Waals surface area (Å²) >= 11 is 0. The van der Waals surface area contributed by atoms with Crippen LogP contribution in [0.5, 0.6) is 0 Å². The molecule has 0 aliphatic carbocycles. The van der Waals surface area contributed by atoms with Gasteiger partial charge in [0, 0.05) is 7.05 Å². The van der Waals surface area contributed by atoms with Gasteiger partial charge in [-0.15, -0.1) is 0 Å². The molecule has 0 bridgehead atoms. The number of carboxylic acid groups (broad SMARTS) is 1. The van der Waals surface area contributed by atoms with E-state index in [0.717, 1.165) is 11.3 Å². The molecule has 2 aromatic rings. The maximum atomic E-state index is 10.6. The summed E-state index contributed by atoms with van der Waals surface area (Å²) in [4.78, 5) is 10.6. The minimum Gasteiger partial charge on any atom is -0.481 e. The number of nitrogens with zero attached hydrogens (tertiary/aromatic N) is 2. The van der Waals surface area contributed by atoms with E-state index in [4.69, 9.17) is 5.11 Å². The Balaban J connectivity index is 2.36. The zero-order valence-corrected chi connectivity index (χ0v) is 8.92. The van der Waals surface area contributed by atoms with E-state index in [1.807, 2.05) is 43.4 Å². The largest absolute Gasteiger partial charge is 0.481 e. The molecule has 4 nitrogen and oxygen atoms in total. The molecule has 16 heavy (non-hydrogen) atoms. The van der Waals surface area contributed by atoms with Crippen molar-refractivity contribution in [2.24, 2.45) is 7.05 Å². The van der Waals surface area contributed by atoms with Crippen LogP contribution < -0.4 is 0 Å². The number of hydrogen-bond donors (Lipinski definition) is 1. The molecule has 0 spiro atoms. The molecule has 82 valence electrons. The number of rotatable bonds is 3. The van der Waals surface area contributed by atoms with Crippen LogP contribution >= 0.6 is 0 Å². The SMILES string of the molecule is Cn1nc(CC(=O)O)cc1-c1ccccc1. The van der Waals surface area contributed by atoms with Crippen LogP contribution in [-0.4, -0.2) is 20.9 Å². The molecule has 0 aliphatic heterocycles. The molecule has 0 aliphatic rings. The Morgan fingerprint density at radius 2 is 2.06 bits per heavy atom. The maximum Gasteiger partial charge on any atom is 0.309 e. The van der Waals surface area contributed by atoms with E-state index >= 15 is 0 Å². The van der Waals surface area contributed by atoms with Crippen molar-refractivity contribution in [1.29, 1.82) is 0 Å². The zero-order chi connectivity index (χ0) is 11.5. The molecule has 0 unspecified atom stereocenters. The summed E-state index contributed by atoms with van der Waals surface area (Å²) in [7, 11) is 1.81. The van der Waals surface area contributed by atoms with Gasteiger partial charge in [0.15, 0.2) is 0 Å². The highest BCUT2D eigenvalue weighted by Crippen LogP contribution is 2.19. The second-order valence-electron chi connectivity index (χ2n) is 3.58. The van der Waals surface area contributed by atoms with Gasteiger partial charge in [0.25, 0.3) is 0 Å². The Labute approximate surface area is 93.1 Å². The highest BCUT2D eigenvalue weighted by molar-refractivity contribution is 5.70. The number of aryl methyl sites for hydroxylation is 1. The highest BCUT2D eigenvalue weighted by atomic mass is 16.4. The first-order valence-corrected chi connectivity index (χ1v) is 4.97. The smallest absolute Gasteiger partial charge is 0.309 e. The van der Waals surface area contributed by atoms with Crippen molar-refractivity contribution in [1.82, 2.24) is 9.78 Å². The third-order valence-electron chi connectivity index (χ3n) is 2.33. The monoisotopic (exact) mass is 216 g/mol. The lowest BCUT2D eigenvalue weighted by Gasteiger charge is -1.99. The average molecular weight is 216 g/mol. The molecule has 2 rings (SSSR count). The van der Waals surface area contributed by atoms with Gasteiger partial charge in [0.2, 0.25) is 0 Å². The number of aromatic nitrogens is 2. The molecule has 0 fully saturated rings. The van der Waals surface area contributed by atoms with Crippen LogP contribution in [0.25, 0.3) is 11.3 Å². The normalized spacial score (nSPS) is 10.3. The lowest BCUT2D eigenvalue weighted by molar-refractivity contribution is -0.136.